The van der Waals surface area contributed by atoms with Gasteiger partial charge in [0.25, 0.3) is 0 Å². The molecule has 1 saturated heterocycles. The highest BCUT2D eigenvalue weighted by molar-refractivity contribution is 5.78. The maximum absolute atomic E-state index is 13.9. The third kappa shape index (κ3) is 4.09. The molecular formula is C16H25FN4. The third-order valence-corrected chi connectivity index (χ3v) is 4.03. The molecule has 5 heteroatoms. The van der Waals surface area contributed by atoms with E-state index < -0.39 is 0 Å². The van der Waals surface area contributed by atoms with E-state index in [1.165, 1.54) is 6.07 Å². The largest absolute Gasteiger partial charge is 0.375 e. The van der Waals surface area contributed by atoms with E-state index in [-0.39, 0.29) is 5.82 Å². The van der Waals surface area contributed by atoms with E-state index >= 15 is 0 Å². The molecule has 116 valence electrons. The van der Waals surface area contributed by atoms with Gasteiger partial charge in [0.2, 0.25) is 0 Å². The minimum atomic E-state index is -0.224. The van der Waals surface area contributed by atoms with E-state index in [1.54, 1.807) is 11.0 Å². The van der Waals surface area contributed by atoms with Crippen LogP contribution in [0.2, 0.25) is 0 Å². The number of hydrogen-bond donors (Lipinski definition) is 1. The first-order valence-corrected chi connectivity index (χ1v) is 7.48. The molecule has 0 atom stereocenters. The summed E-state index contributed by atoms with van der Waals surface area (Å²) in [5.74, 6) is 1.11. The predicted octanol–water partition coefficient (Wildman–Crippen LogP) is 2.44. The van der Waals surface area contributed by atoms with E-state index in [0.29, 0.717) is 18.2 Å². The molecule has 2 N–H and O–H groups in total. The van der Waals surface area contributed by atoms with Gasteiger partial charge in [0.05, 0.1) is 12.2 Å². The fourth-order valence-corrected chi connectivity index (χ4v) is 2.52. The zero-order valence-electron chi connectivity index (χ0n) is 13.1. The zero-order chi connectivity index (χ0) is 15.4. The normalized spacial score (nSPS) is 17.1. The number of anilines is 1. The van der Waals surface area contributed by atoms with Gasteiger partial charge in [-0.1, -0.05) is 13.0 Å². The van der Waals surface area contributed by atoms with Crippen LogP contribution in [0.15, 0.2) is 23.2 Å². The number of piperidine rings is 1. The summed E-state index contributed by atoms with van der Waals surface area (Å²) in [4.78, 5) is 8.27. The molecular weight excluding hydrogens is 267 g/mol. The van der Waals surface area contributed by atoms with Crippen molar-refractivity contribution >= 4 is 11.6 Å². The van der Waals surface area contributed by atoms with Gasteiger partial charge in [-0.05, 0) is 36.5 Å². The Hall–Kier alpha value is -1.78. The van der Waals surface area contributed by atoms with Crippen molar-refractivity contribution in [2.24, 2.45) is 16.6 Å². The summed E-state index contributed by atoms with van der Waals surface area (Å²) in [6.45, 7) is 4.61. The average Bonchev–Trinajstić information content (AvgIpc) is 2.45. The van der Waals surface area contributed by atoms with Gasteiger partial charge in [-0.25, -0.2) is 9.38 Å². The molecule has 21 heavy (non-hydrogen) atoms. The minimum absolute atomic E-state index is 0.224. The highest BCUT2D eigenvalue weighted by Gasteiger charge is 2.16. The lowest BCUT2D eigenvalue weighted by molar-refractivity contribution is 0.277. The topological polar surface area (TPSA) is 44.9 Å². The molecule has 1 aromatic carbocycles. The molecule has 0 bridgehead atoms. The molecule has 1 aromatic rings. The summed E-state index contributed by atoms with van der Waals surface area (Å²) in [6, 6.07) is 5.21. The van der Waals surface area contributed by atoms with E-state index in [9.17, 15) is 4.39 Å². The average molecular weight is 292 g/mol. The molecule has 0 aromatic heterocycles. The lowest BCUT2D eigenvalue weighted by Gasteiger charge is -2.31. The molecule has 1 fully saturated rings. The molecule has 4 nitrogen and oxygen atoms in total. The zero-order valence-corrected chi connectivity index (χ0v) is 13.1. The second-order valence-electron chi connectivity index (χ2n) is 6.02. The fraction of sp³-hybridized carbons (Fsp3) is 0.562. The Morgan fingerprint density at radius 1 is 1.38 bits per heavy atom. The van der Waals surface area contributed by atoms with Crippen molar-refractivity contribution in [1.29, 1.82) is 0 Å². The summed E-state index contributed by atoms with van der Waals surface area (Å²) in [5.41, 5.74) is 7.46. The van der Waals surface area contributed by atoms with Crippen LogP contribution in [0.5, 0.6) is 0 Å². The number of benzene rings is 1. The number of hydrogen-bond acceptors (Lipinski definition) is 2. The van der Waals surface area contributed by atoms with Gasteiger partial charge in [-0.2, -0.15) is 0 Å². The molecule has 0 spiro atoms. The Bertz CT molecular complexity index is 505. The maximum atomic E-state index is 13.9. The lowest BCUT2D eigenvalue weighted by atomic mass is 10.00. The van der Waals surface area contributed by atoms with Gasteiger partial charge < -0.3 is 15.5 Å². The second kappa shape index (κ2) is 6.78. The molecule has 0 aliphatic carbocycles. The van der Waals surface area contributed by atoms with Gasteiger partial charge in [-0.15, -0.1) is 0 Å². The quantitative estimate of drug-likeness (QED) is 0.687. The molecule has 1 aliphatic heterocycles. The first-order valence-electron chi connectivity index (χ1n) is 7.48. The van der Waals surface area contributed by atoms with E-state index in [4.69, 9.17) is 5.73 Å². The SMILES string of the molecule is CC1CCN(C(N)=NCc2ccc(N(C)C)c(F)c2)CC1. The van der Waals surface area contributed by atoms with Gasteiger partial charge in [-0.3, -0.25) is 0 Å². The summed E-state index contributed by atoms with van der Waals surface area (Å²) in [6.07, 6.45) is 2.31. The monoisotopic (exact) mass is 292 g/mol. The lowest BCUT2D eigenvalue weighted by Crippen LogP contribution is -2.42. The molecule has 1 aliphatic rings. The Morgan fingerprint density at radius 3 is 2.62 bits per heavy atom. The van der Waals surface area contributed by atoms with Crippen LogP contribution in [-0.4, -0.2) is 38.0 Å². The molecule has 0 amide bonds. The van der Waals surface area contributed by atoms with Gasteiger partial charge in [0, 0.05) is 27.2 Å². The van der Waals surface area contributed by atoms with E-state index in [2.05, 4.69) is 16.8 Å². The summed E-state index contributed by atoms with van der Waals surface area (Å²) < 4.78 is 13.9. The van der Waals surface area contributed by atoms with Crippen LogP contribution in [0.1, 0.15) is 25.3 Å². The number of guanidine groups is 1. The summed E-state index contributed by atoms with van der Waals surface area (Å²) in [5, 5.41) is 0. The van der Waals surface area contributed by atoms with Crippen molar-refractivity contribution in [2.75, 3.05) is 32.1 Å². The Labute approximate surface area is 126 Å². The Balaban J connectivity index is 1.98. The standard InChI is InChI=1S/C16H25FN4/c1-12-6-8-21(9-7-12)16(18)19-11-13-4-5-15(20(2)3)14(17)10-13/h4-5,10,12H,6-9,11H2,1-3H3,(H2,18,19). The van der Waals surface area contributed by atoms with Crippen LogP contribution in [0, 0.1) is 11.7 Å². The van der Waals surface area contributed by atoms with Crippen LogP contribution in [0.4, 0.5) is 10.1 Å². The van der Waals surface area contributed by atoms with Crippen molar-refractivity contribution in [2.45, 2.75) is 26.3 Å². The van der Waals surface area contributed by atoms with E-state index in [0.717, 1.165) is 37.4 Å². The van der Waals surface area contributed by atoms with Crippen molar-refractivity contribution in [1.82, 2.24) is 4.90 Å². The van der Waals surface area contributed by atoms with Gasteiger partial charge >= 0.3 is 0 Å². The summed E-state index contributed by atoms with van der Waals surface area (Å²) >= 11 is 0. The number of rotatable bonds is 3. The van der Waals surface area contributed by atoms with Crippen LogP contribution in [-0.2, 0) is 6.54 Å². The van der Waals surface area contributed by atoms with Crippen LogP contribution < -0.4 is 10.6 Å². The number of aliphatic imine (C=N–C) groups is 1. The smallest absolute Gasteiger partial charge is 0.191 e. The number of likely N-dealkylation sites (tertiary alicyclic amines) is 1. The molecule has 2 rings (SSSR count). The minimum Gasteiger partial charge on any atom is -0.375 e. The predicted molar refractivity (Wildman–Crippen MR) is 86.0 cm³/mol. The van der Waals surface area contributed by atoms with Crippen LogP contribution >= 0.6 is 0 Å². The van der Waals surface area contributed by atoms with Crippen molar-refractivity contribution < 1.29 is 4.39 Å². The molecule has 1 heterocycles. The van der Waals surface area contributed by atoms with E-state index in [1.807, 2.05) is 20.2 Å². The second-order valence-corrected chi connectivity index (χ2v) is 6.02. The third-order valence-electron chi connectivity index (χ3n) is 4.03. The van der Waals surface area contributed by atoms with Gasteiger partial charge in [0.1, 0.15) is 5.82 Å². The van der Waals surface area contributed by atoms with Crippen LogP contribution in [0.25, 0.3) is 0 Å². The van der Waals surface area contributed by atoms with Crippen molar-refractivity contribution in [3.63, 3.8) is 0 Å². The first-order chi connectivity index (χ1) is 9.97. The number of nitrogens with zero attached hydrogens (tertiary/aromatic N) is 3. The molecule has 0 saturated carbocycles. The molecule has 0 radical (unpaired) electrons. The summed E-state index contributed by atoms with van der Waals surface area (Å²) in [7, 11) is 3.65. The number of nitrogens with two attached hydrogens (primary N) is 1. The highest BCUT2D eigenvalue weighted by atomic mass is 19.1. The highest BCUT2D eigenvalue weighted by Crippen LogP contribution is 2.19. The maximum Gasteiger partial charge on any atom is 0.191 e. The Kier molecular flexibility index (Phi) is 5.04. The van der Waals surface area contributed by atoms with Crippen molar-refractivity contribution in [3.8, 4) is 0 Å². The Morgan fingerprint density at radius 2 is 2.05 bits per heavy atom. The number of halogens is 1. The van der Waals surface area contributed by atoms with Crippen LogP contribution in [0.3, 0.4) is 0 Å². The first kappa shape index (κ1) is 15.6. The van der Waals surface area contributed by atoms with Gasteiger partial charge in [0.15, 0.2) is 5.96 Å². The molecule has 0 unspecified atom stereocenters. The fourth-order valence-electron chi connectivity index (χ4n) is 2.52. The van der Waals surface area contributed by atoms with Crippen molar-refractivity contribution in [3.05, 3.63) is 29.6 Å².